The van der Waals surface area contributed by atoms with Crippen molar-refractivity contribution in [3.8, 4) is 5.75 Å². The van der Waals surface area contributed by atoms with Crippen LogP contribution in [0.4, 0.5) is 4.39 Å². The number of rotatable bonds is 1. The molecule has 3 heteroatoms. The predicted octanol–water partition coefficient (Wildman–Crippen LogP) is 2.80. The van der Waals surface area contributed by atoms with E-state index < -0.39 is 5.82 Å². The number of hydrogen-bond acceptors (Lipinski definition) is 1. The van der Waals surface area contributed by atoms with Gasteiger partial charge < -0.3 is 4.74 Å². The number of benzene rings is 1. The highest BCUT2D eigenvalue weighted by atomic mass is 35.5. The first kappa shape index (κ1) is 8.34. The van der Waals surface area contributed by atoms with E-state index in [4.69, 9.17) is 16.3 Å². The summed E-state index contributed by atoms with van der Waals surface area (Å²) in [5.74, 6) is -0.199. The Morgan fingerprint density at radius 3 is 2.64 bits per heavy atom. The van der Waals surface area contributed by atoms with Crippen LogP contribution in [0.25, 0.3) is 0 Å². The van der Waals surface area contributed by atoms with Crippen LogP contribution in [0, 0.1) is 12.7 Å². The van der Waals surface area contributed by atoms with Crippen molar-refractivity contribution < 1.29 is 9.13 Å². The minimum atomic E-state index is -0.428. The van der Waals surface area contributed by atoms with Crippen LogP contribution in [0.3, 0.4) is 0 Å². The Morgan fingerprint density at radius 2 is 2.09 bits per heavy atom. The molecule has 0 aliphatic rings. The average Bonchev–Trinajstić information content (AvgIpc) is 1.97. The minimum absolute atomic E-state index is 0.229. The van der Waals surface area contributed by atoms with Gasteiger partial charge in [0, 0.05) is 5.02 Å². The Kier molecular flexibility index (Phi) is 2.35. The average molecular weight is 175 g/mol. The highest BCUT2D eigenvalue weighted by molar-refractivity contribution is 6.31. The van der Waals surface area contributed by atoms with Crippen molar-refractivity contribution in [3.63, 3.8) is 0 Å². The molecule has 0 spiro atoms. The second-order valence-corrected chi connectivity index (χ2v) is 2.64. The third-order valence-corrected chi connectivity index (χ3v) is 1.84. The molecular formula is C8H8ClFO. The van der Waals surface area contributed by atoms with Gasteiger partial charge in [-0.25, -0.2) is 4.39 Å². The third kappa shape index (κ3) is 1.63. The number of aryl methyl sites for hydroxylation is 1. The maximum absolute atomic E-state index is 12.8. The SMILES string of the molecule is COc1cc(C)c(Cl)cc1F. The van der Waals surface area contributed by atoms with E-state index >= 15 is 0 Å². The summed E-state index contributed by atoms with van der Waals surface area (Å²) in [5, 5.41) is 0.420. The Bertz CT molecular complexity index is 273. The molecule has 0 unspecified atom stereocenters. The molecule has 0 amide bonds. The highest BCUT2D eigenvalue weighted by Crippen LogP contribution is 2.24. The van der Waals surface area contributed by atoms with Gasteiger partial charge in [-0.1, -0.05) is 11.6 Å². The summed E-state index contributed by atoms with van der Waals surface area (Å²) >= 11 is 5.65. The van der Waals surface area contributed by atoms with Crippen molar-refractivity contribution in [1.29, 1.82) is 0 Å². The van der Waals surface area contributed by atoms with Crippen LogP contribution in [0.1, 0.15) is 5.56 Å². The molecule has 0 N–H and O–H groups in total. The van der Waals surface area contributed by atoms with Gasteiger partial charge >= 0.3 is 0 Å². The molecule has 0 radical (unpaired) electrons. The summed E-state index contributed by atoms with van der Waals surface area (Å²) in [6, 6.07) is 2.81. The van der Waals surface area contributed by atoms with E-state index in [0.29, 0.717) is 5.02 Å². The molecular weight excluding hydrogens is 167 g/mol. The van der Waals surface area contributed by atoms with Crippen molar-refractivity contribution >= 4 is 11.6 Å². The predicted molar refractivity (Wildman–Crippen MR) is 42.7 cm³/mol. The van der Waals surface area contributed by atoms with Crippen LogP contribution in [0.15, 0.2) is 12.1 Å². The van der Waals surface area contributed by atoms with Gasteiger partial charge in [0.1, 0.15) is 0 Å². The van der Waals surface area contributed by atoms with Gasteiger partial charge in [-0.2, -0.15) is 0 Å². The van der Waals surface area contributed by atoms with Crippen LogP contribution in [0.2, 0.25) is 5.02 Å². The molecule has 11 heavy (non-hydrogen) atoms. The van der Waals surface area contributed by atoms with E-state index in [1.54, 1.807) is 13.0 Å². The lowest BCUT2D eigenvalue weighted by atomic mass is 10.2. The van der Waals surface area contributed by atoms with Crippen LogP contribution >= 0.6 is 11.6 Å². The number of halogens is 2. The first-order valence-electron chi connectivity index (χ1n) is 3.15. The fraction of sp³-hybridized carbons (Fsp3) is 0.250. The molecule has 0 aromatic heterocycles. The zero-order valence-corrected chi connectivity index (χ0v) is 7.07. The smallest absolute Gasteiger partial charge is 0.166 e. The van der Waals surface area contributed by atoms with Gasteiger partial charge in [-0.05, 0) is 24.6 Å². The van der Waals surface area contributed by atoms with Crippen molar-refractivity contribution in [2.45, 2.75) is 6.92 Å². The summed E-state index contributed by atoms with van der Waals surface area (Å²) in [6.07, 6.45) is 0. The zero-order valence-electron chi connectivity index (χ0n) is 6.32. The largest absolute Gasteiger partial charge is 0.494 e. The Hall–Kier alpha value is -0.760. The van der Waals surface area contributed by atoms with Gasteiger partial charge in [0.2, 0.25) is 0 Å². The molecule has 0 saturated heterocycles. The van der Waals surface area contributed by atoms with Crippen molar-refractivity contribution in [2.24, 2.45) is 0 Å². The Morgan fingerprint density at radius 1 is 1.45 bits per heavy atom. The van der Waals surface area contributed by atoms with Gasteiger partial charge in [-0.3, -0.25) is 0 Å². The van der Waals surface area contributed by atoms with Crippen molar-refractivity contribution in [2.75, 3.05) is 7.11 Å². The maximum atomic E-state index is 12.8. The first-order chi connectivity index (χ1) is 5.15. The van der Waals surface area contributed by atoms with Gasteiger partial charge in [0.25, 0.3) is 0 Å². The van der Waals surface area contributed by atoms with Gasteiger partial charge in [0.05, 0.1) is 7.11 Å². The van der Waals surface area contributed by atoms with Crippen LogP contribution in [0.5, 0.6) is 5.75 Å². The monoisotopic (exact) mass is 174 g/mol. The van der Waals surface area contributed by atoms with Gasteiger partial charge in [0.15, 0.2) is 11.6 Å². The first-order valence-corrected chi connectivity index (χ1v) is 3.52. The molecule has 0 aliphatic carbocycles. The van der Waals surface area contributed by atoms with E-state index in [1.165, 1.54) is 13.2 Å². The van der Waals surface area contributed by atoms with Crippen LogP contribution in [-0.2, 0) is 0 Å². The van der Waals surface area contributed by atoms with E-state index in [0.717, 1.165) is 5.56 Å². The van der Waals surface area contributed by atoms with E-state index in [1.807, 2.05) is 0 Å². The topological polar surface area (TPSA) is 9.23 Å². The fourth-order valence-corrected chi connectivity index (χ4v) is 0.938. The molecule has 0 heterocycles. The fourth-order valence-electron chi connectivity index (χ4n) is 0.787. The maximum Gasteiger partial charge on any atom is 0.166 e. The lowest BCUT2D eigenvalue weighted by molar-refractivity contribution is 0.386. The minimum Gasteiger partial charge on any atom is -0.494 e. The van der Waals surface area contributed by atoms with E-state index in [9.17, 15) is 4.39 Å². The van der Waals surface area contributed by atoms with Crippen LogP contribution < -0.4 is 4.74 Å². The lowest BCUT2D eigenvalue weighted by Gasteiger charge is -2.03. The number of hydrogen-bond donors (Lipinski definition) is 0. The van der Waals surface area contributed by atoms with E-state index in [2.05, 4.69) is 0 Å². The summed E-state index contributed by atoms with van der Waals surface area (Å²) < 4.78 is 17.6. The standard InChI is InChI=1S/C8H8ClFO/c1-5-3-8(11-2)7(10)4-6(5)9/h3-4H,1-2H3. The van der Waals surface area contributed by atoms with E-state index in [-0.39, 0.29) is 5.75 Å². The molecule has 0 fully saturated rings. The van der Waals surface area contributed by atoms with Crippen molar-refractivity contribution in [3.05, 3.63) is 28.5 Å². The molecule has 60 valence electrons. The second kappa shape index (κ2) is 3.09. The summed E-state index contributed by atoms with van der Waals surface area (Å²) in [7, 11) is 1.42. The molecule has 1 rings (SSSR count). The quantitative estimate of drug-likeness (QED) is 0.636. The summed E-state index contributed by atoms with van der Waals surface area (Å²) in [6.45, 7) is 1.80. The molecule has 1 nitrogen and oxygen atoms in total. The summed E-state index contributed by atoms with van der Waals surface area (Å²) in [5.41, 5.74) is 0.810. The molecule has 0 saturated carbocycles. The number of methoxy groups -OCH3 is 1. The normalized spacial score (nSPS) is 9.82. The summed E-state index contributed by atoms with van der Waals surface area (Å²) in [4.78, 5) is 0. The Labute approximate surface area is 69.7 Å². The molecule has 1 aromatic carbocycles. The molecule has 0 atom stereocenters. The third-order valence-electron chi connectivity index (χ3n) is 1.43. The lowest BCUT2D eigenvalue weighted by Crippen LogP contribution is -1.89. The van der Waals surface area contributed by atoms with Crippen LogP contribution in [-0.4, -0.2) is 7.11 Å². The number of ether oxygens (including phenoxy) is 1. The van der Waals surface area contributed by atoms with Crippen molar-refractivity contribution in [1.82, 2.24) is 0 Å². The molecule has 0 bridgehead atoms. The Balaban J connectivity index is 3.21. The zero-order chi connectivity index (χ0) is 8.43. The second-order valence-electron chi connectivity index (χ2n) is 2.24. The van der Waals surface area contributed by atoms with Gasteiger partial charge in [-0.15, -0.1) is 0 Å². The molecule has 0 aliphatic heterocycles. The highest BCUT2D eigenvalue weighted by Gasteiger charge is 2.04. The molecule has 1 aromatic rings.